The Kier molecular flexibility index (Phi) is 4.94. The van der Waals surface area contributed by atoms with Crippen molar-refractivity contribution in [2.75, 3.05) is 44.5 Å². The quantitative estimate of drug-likeness (QED) is 0.612. The van der Waals surface area contributed by atoms with E-state index in [1.54, 1.807) is 12.0 Å². The van der Waals surface area contributed by atoms with Gasteiger partial charge in [0.05, 0.1) is 18.7 Å². The first-order chi connectivity index (χ1) is 10.1. The number of anilines is 2. The SMILES string of the molecule is COCCNC(=O)CN(C)c1ccc2cc(N)ccc2n1. The van der Waals surface area contributed by atoms with Crippen LogP contribution in [0.1, 0.15) is 0 Å². The van der Waals surface area contributed by atoms with Crippen molar-refractivity contribution in [1.82, 2.24) is 10.3 Å². The maximum Gasteiger partial charge on any atom is 0.239 e. The summed E-state index contributed by atoms with van der Waals surface area (Å²) in [6, 6.07) is 9.40. The normalized spacial score (nSPS) is 10.6. The molecule has 1 aromatic carbocycles. The van der Waals surface area contributed by atoms with Crippen LogP contribution in [0.15, 0.2) is 30.3 Å². The van der Waals surface area contributed by atoms with Crippen molar-refractivity contribution in [2.45, 2.75) is 0 Å². The van der Waals surface area contributed by atoms with Crippen molar-refractivity contribution in [1.29, 1.82) is 0 Å². The van der Waals surface area contributed by atoms with Gasteiger partial charge in [0.15, 0.2) is 0 Å². The summed E-state index contributed by atoms with van der Waals surface area (Å²) in [5.41, 5.74) is 7.31. The second kappa shape index (κ2) is 6.90. The maximum atomic E-state index is 11.8. The van der Waals surface area contributed by atoms with E-state index in [-0.39, 0.29) is 12.5 Å². The number of hydrogen-bond acceptors (Lipinski definition) is 5. The molecular formula is C15H20N4O2. The lowest BCUT2D eigenvalue weighted by atomic mass is 10.2. The lowest BCUT2D eigenvalue weighted by molar-refractivity contribution is -0.119. The first-order valence-electron chi connectivity index (χ1n) is 6.73. The van der Waals surface area contributed by atoms with Crippen LogP contribution in [0.2, 0.25) is 0 Å². The lowest BCUT2D eigenvalue weighted by Gasteiger charge is -2.18. The van der Waals surface area contributed by atoms with Crippen molar-refractivity contribution in [3.63, 3.8) is 0 Å². The molecule has 0 unspecified atom stereocenters. The Morgan fingerprint density at radius 1 is 1.38 bits per heavy atom. The van der Waals surface area contributed by atoms with E-state index in [2.05, 4.69) is 10.3 Å². The number of likely N-dealkylation sites (N-methyl/N-ethyl adjacent to an activating group) is 1. The molecule has 0 saturated heterocycles. The van der Waals surface area contributed by atoms with E-state index in [0.29, 0.717) is 18.8 Å². The molecule has 0 bridgehead atoms. The van der Waals surface area contributed by atoms with Crippen LogP contribution in [0.3, 0.4) is 0 Å². The Hall–Kier alpha value is -2.34. The Bertz CT molecular complexity index is 630. The highest BCUT2D eigenvalue weighted by Gasteiger charge is 2.09. The van der Waals surface area contributed by atoms with Gasteiger partial charge in [0.2, 0.25) is 5.91 Å². The van der Waals surface area contributed by atoms with Gasteiger partial charge in [-0.15, -0.1) is 0 Å². The molecule has 112 valence electrons. The summed E-state index contributed by atoms with van der Waals surface area (Å²) in [5, 5.41) is 3.76. The van der Waals surface area contributed by atoms with Gasteiger partial charge in [-0.25, -0.2) is 4.98 Å². The number of carbonyl (C=O) groups excluding carboxylic acids is 1. The van der Waals surface area contributed by atoms with Gasteiger partial charge < -0.3 is 20.7 Å². The van der Waals surface area contributed by atoms with Crippen LogP contribution in [0.5, 0.6) is 0 Å². The van der Waals surface area contributed by atoms with Gasteiger partial charge >= 0.3 is 0 Å². The minimum atomic E-state index is -0.0613. The summed E-state index contributed by atoms with van der Waals surface area (Å²) in [4.78, 5) is 18.1. The number of nitrogen functional groups attached to an aromatic ring is 1. The molecule has 6 heteroatoms. The molecule has 6 nitrogen and oxygen atoms in total. The fraction of sp³-hybridized carbons (Fsp3) is 0.333. The van der Waals surface area contributed by atoms with Gasteiger partial charge in [0.25, 0.3) is 0 Å². The highest BCUT2D eigenvalue weighted by atomic mass is 16.5. The van der Waals surface area contributed by atoms with Crippen LogP contribution in [0, 0.1) is 0 Å². The number of ether oxygens (including phenoxy) is 1. The average molecular weight is 288 g/mol. The maximum absolute atomic E-state index is 11.8. The highest BCUT2D eigenvalue weighted by Crippen LogP contribution is 2.19. The standard InChI is InChI=1S/C15H20N4O2/c1-19(10-15(20)17-7-8-21-2)14-6-3-11-9-12(16)4-5-13(11)18-14/h3-6,9H,7-8,10,16H2,1-2H3,(H,17,20). The summed E-state index contributed by atoms with van der Waals surface area (Å²) in [5.74, 6) is 0.683. The number of nitrogens with zero attached hydrogens (tertiary/aromatic N) is 2. The van der Waals surface area contributed by atoms with Gasteiger partial charge in [-0.05, 0) is 30.3 Å². The Balaban J connectivity index is 2.03. The number of pyridine rings is 1. The molecule has 0 aliphatic heterocycles. The number of benzene rings is 1. The summed E-state index contributed by atoms with van der Waals surface area (Å²) < 4.78 is 4.89. The van der Waals surface area contributed by atoms with Crippen molar-refractivity contribution < 1.29 is 9.53 Å². The lowest BCUT2D eigenvalue weighted by Crippen LogP contribution is -2.36. The molecule has 21 heavy (non-hydrogen) atoms. The van der Waals surface area contributed by atoms with E-state index >= 15 is 0 Å². The van der Waals surface area contributed by atoms with Gasteiger partial charge in [-0.2, -0.15) is 0 Å². The molecule has 0 atom stereocenters. The van der Waals surface area contributed by atoms with E-state index in [1.165, 1.54) is 0 Å². The first kappa shape index (κ1) is 15.1. The number of aromatic nitrogens is 1. The molecule has 0 radical (unpaired) electrons. The van der Waals surface area contributed by atoms with Crippen molar-refractivity contribution >= 4 is 28.3 Å². The molecule has 1 amide bonds. The van der Waals surface area contributed by atoms with E-state index in [4.69, 9.17) is 10.5 Å². The Morgan fingerprint density at radius 3 is 2.95 bits per heavy atom. The van der Waals surface area contributed by atoms with Crippen molar-refractivity contribution in [2.24, 2.45) is 0 Å². The number of hydrogen-bond donors (Lipinski definition) is 2. The minimum absolute atomic E-state index is 0.0613. The van der Waals surface area contributed by atoms with E-state index in [1.807, 2.05) is 37.4 Å². The van der Waals surface area contributed by atoms with E-state index < -0.39 is 0 Å². The fourth-order valence-corrected chi connectivity index (χ4v) is 1.99. The van der Waals surface area contributed by atoms with Crippen LogP contribution in [-0.2, 0) is 9.53 Å². The molecular weight excluding hydrogens is 268 g/mol. The van der Waals surface area contributed by atoms with Crippen molar-refractivity contribution in [3.05, 3.63) is 30.3 Å². The molecule has 0 fully saturated rings. The van der Waals surface area contributed by atoms with Crippen LogP contribution in [-0.4, -0.2) is 44.7 Å². The summed E-state index contributed by atoms with van der Waals surface area (Å²) in [6.07, 6.45) is 0. The topological polar surface area (TPSA) is 80.5 Å². The zero-order valence-electron chi connectivity index (χ0n) is 12.3. The van der Waals surface area contributed by atoms with Crippen LogP contribution >= 0.6 is 0 Å². The molecule has 0 saturated carbocycles. The van der Waals surface area contributed by atoms with Crippen LogP contribution in [0.25, 0.3) is 10.9 Å². The van der Waals surface area contributed by atoms with E-state index in [9.17, 15) is 4.79 Å². The van der Waals surface area contributed by atoms with Gasteiger partial charge in [0, 0.05) is 31.8 Å². The van der Waals surface area contributed by atoms with Gasteiger partial charge in [-0.3, -0.25) is 4.79 Å². The molecule has 0 spiro atoms. The third kappa shape index (κ3) is 4.06. The second-order valence-electron chi connectivity index (χ2n) is 4.82. The molecule has 0 aliphatic rings. The van der Waals surface area contributed by atoms with Gasteiger partial charge in [0.1, 0.15) is 5.82 Å². The van der Waals surface area contributed by atoms with Crippen molar-refractivity contribution in [3.8, 4) is 0 Å². The largest absolute Gasteiger partial charge is 0.399 e. The monoisotopic (exact) mass is 288 g/mol. The molecule has 2 rings (SSSR count). The van der Waals surface area contributed by atoms with E-state index in [0.717, 1.165) is 16.7 Å². The zero-order chi connectivity index (χ0) is 15.2. The Morgan fingerprint density at radius 2 is 2.19 bits per heavy atom. The predicted molar refractivity (Wildman–Crippen MR) is 84.3 cm³/mol. The molecule has 2 aromatic rings. The molecule has 0 aliphatic carbocycles. The number of nitrogens with two attached hydrogens (primary N) is 1. The fourth-order valence-electron chi connectivity index (χ4n) is 1.99. The number of rotatable bonds is 6. The van der Waals surface area contributed by atoms with Crippen LogP contribution < -0.4 is 16.0 Å². The zero-order valence-corrected chi connectivity index (χ0v) is 12.3. The summed E-state index contributed by atoms with van der Waals surface area (Å²) >= 11 is 0. The summed E-state index contributed by atoms with van der Waals surface area (Å²) in [6.45, 7) is 1.26. The number of fused-ring (bicyclic) bond motifs is 1. The number of nitrogens with one attached hydrogen (secondary N) is 1. The third-order valence-electron chi connectivity index (χ3n) is 3.10. The second-order valence-corrected chi connectivity index (χ2v) is 4.82. The average Bonchev–Trinajstić information content (AvgIpc) is 2.46. The number of carbonyl (C=O) groups is 1. The third-order valence-corrected chi connectivity index (χ3v) is 3.10. The Labute approximate surface area is 123 Å². The minimum Gasteiger partial charge on any atom is -0.399 e. The first-order valence-corrected chi connectivity index (χ1v) is 6.73. The highest BCUT2D eigenvalue weighted by molar-refractivity contribution is 5.85. The predicted octanol–water partition coefficient (Wildman–Crippen LogP) is 1.02. The molecule has 1 aromatic heterocycles. The molecule has 1 heterocycles. The van der Waals surface area contributed by atoms with Gasteiger partial charge in [-0.1, -0.05) is 0 Å². The number of amides is 1. The van der Waals surface area contributed by atoms with Crippen LogP contribution in [0.4, 0.5) is 11.5 Å². The smallest absolute Gasteiger partial charge is 0.239 e. The number of methoxy groups -OCH3 is 1. The summed E-state index contributed by atoms with van der Waals surface area (Å²) in [7, 11) is 3.44. The molecule has 3 N–H and O–H groups in total.